The summed E-state index contributed by atoms with van der Waals surface area (Å²) in [5.74, 6) is 1.00. The summed E-state index contributed by atoms with van der Waals surface area (Å²) in [6.45, 7) is 0.960. The number of hydrogen-bond acceptors (Lipinski definition) is 4. The quantitative estimate of drug-likeness (QED) is 0.274. The lowest BCUT2D eigenvalue weighted by Gasteiger charge is -2.09. The summed E-state index contributed by atoms with van der Waals surface area (Å²) in [6.07, 6.45) is 1.10. The number of anilines is 1. The third kappa shape index (κ3) is 8.04. The van der Waals surface area contributed by atoms with Gasteiger partial charge in [-0.1, -0.05) is 0 Å². The second-order valence-electron chi connectivity index (χ2n) is 3.78. The first-order valence-electron chi connectivity index (χ1n) is 5.57. The Kier molecular flexibility index (Phi) is 8.30. The fourth-order valence-electron chi connectivity index (χ4n) is 1.26. The molecule has 4 N–H and O–H groups in total. The maximum absolute atomic E-state index is 11.0. The van der Waals surface area contributed by atoms with Gasteiger partial charge in [-0.25, -0.2) is 8.42 Å². The van der Waals surface area contributed by atoms with Gasteiger partial charge in [-0.3, -0.25) is 9.71 Å². The first kappa shape index (κ1) is 18.8. The van der Waals surface area contributed by atoms with E-state index < -0.39 is 10.0 Å². The zero-order chi connectivity index (χ0) is 14.3. The van der Waals surface area contributed by atoms with E-state index in [0.717, 1.165) is 6.26 Å². The number of sulfonamides is 1. The molecule has 0 aliphatic carbocycles. The molecule has 0 fully saturated rings. The highest BCUT2D eigenvalue weighted by Gasteiger charge is 2.01. The second kappa shape index (κ2) is 8.84. The Bertz CT molecular complexity index is 531. The summed E-state index contributed by atoms with van der Waals surface area (Å²) in [4.78, 5) is 3.74. The van der Waals surface area contributed by atoms with E-state index in [1.807, 2.05) is 0 Å². The van der Waals surface area contributed by atoms with E-state index in [9.17, 15) is 8.42 Å². The molecule has 0 saturated heterocycles. The minimum atomic E-state index is -3.25. The van der Waals surface area contributed by atoms with Crippen molar-refractivity contribution < 1.29 is 13.2 Å². The molecule has 0 atom stereocenters. The molecule has 1 aromatic carbocycles. The smallest absolute Gasteiger partial charge is 0.229 e. The average molecular weight is 414 g/mol. The molecule has 0 bridgehead atoms. The van der Waals surface area contributed by atoms with Crippen LogP contribution in [0.5, 0.6) is 5.75 Å². The molecule has 0 saturated carbocycles. The lowest BCUT2D eigenvalue weighted by molar-refractivity contribution is 0.322. The number of hydrogen-bond donors (Lipinski definition) is 3. The Hall–Kier alpha value is -1.23. The lowest BCUT2D eigenvalue weighted by atomic mass is 10.3. The van der Waals surface area contributed by atoms with Crippen molar-refractivity contribution in [3.8, 4) is 5.75 Å². The van der Waals surface area contributed by atoms with Crippen molar-refractivity contribution in [2.45, 2.75) is 0 Å². The molecule has 0 heterocycles. The fourth-order valence-corrected chi connectivity index (χ4v) is 1.82. The van der Waals surface area contributed by atoms with Crippen molar-refractivity contribution in [1.29, 1.82) is 0 Å². The van der Waals surface area contributed by atoms with Crippen LogP contribution in [0.3, 0.4) is 0 Å². The first-order valence-corrected chi connectivity index (χ1v) is 7.46. The molecule has 1 rings (SSSR count). The number of guanidine groups is 1. The number of rotatable bonds is 6. The number of nitrogens with two attached hydrogens (primary N) is 1. The van der Waals surface area contributed by atoms with Gasteiger partial charge in [-0.15, -0.1) is 24.0 Å². The predicted molar refractivity (Wildman–Crippen MR) is 91.4 cm³/mol. The van der Waals surface area contributed by atoms with E-state index in [4.69, 9.17) is 10.5 Å². The SMILES string of the molecule is CN=C(N)NCCOc1ccc(NS(C)(=O)=O)cc1.I. The van der Waals surface area contributed by atoms with Gasteiger partial charge in [0.25, 0.3) is 0 Å². The second-order valence-corrected chi connectivity index (χ2v) is 5.53. The van der Waals surface area contributed by atoms with Crippen LogP contribution < -0.4 is 20.5 Å². The van der Waals surface area contributed by atoms with Crippen LogP contribution in [0, 0.1) is 0 Å². The molecular formula is C11H19IN4O3S. The molecular weight excluding hydrogens is 395 g/mol. The Morgan fingerprint density at radius 3 is 2.45 bits per heavy atom. The van der Waals surface area contributed by atoms with Crippen LogP contribution >= 0.6 is 24.0 Å². The highest BCUT2D eigenvalue weighted by molar-refractivity contribution is 14.0. The van der Waals surface area contributed by atoms with E-state index in [-0.39, 0.29) is 24.0 Å². The van der Waals surface area contributed by atoms with Crippen LogP contribution in [-0.2, 0) is 10.0 Å². The van der Waals surface area contributed by atoms with Crippen molar-refractivity contribution in [1.82, 2.24) is 5.32 Å². The summed E-state index contributed by atoms with van der Waals surface area (Å²) >= 11 is 0. The molecule has 20 heavy (non-hydrogen) atoms. The Morgan fingerprint density at radius 1 is 1.35 bits per heavy atom. The Morgan fingerprint density at radius 2 is 1.95 bits per heavy atom. The van der Waals surface area contributed by atoms with E-state index in [1.165, 1.54) is 0 Å². The van der Waals surface area contributed by atoms with Gasteiger partial charge < -0.3 is 15.8 Å². The summed E-state index contributed by atoms with van der Waals surface area (Å²) in [6, 6.07) is 6.63. The molecule has 0 aromatic heterocycles. The van der Waals surface area contributed by atoms with E-state index >= 15 is 0 Å². The highest BCUT2D eigenvalue weighted by Crippen LogP contribution is 2.16. The van der Waals surface area contributed by atoms with Gasteiger partial charge in [0.15, 0.2) is 5.96 Å². The monoisotopic (exact) mass is 414 g/mol. The van der Waals surface area contributed by atoms with Crippen LogP contribution in [0.4, 0.5) is 5.69 Å². The fraction of sp³-hybridized carbons (Fsp3) is 0.364. The molecule has 1 aromatic rings. The van der Waals surface area contributed by atoms with Crippen LogP contribution in [0.15, 0.2) is 29.3 Å². The van der Waals surface area contributed by atoms with E-state index in [1.54, 1.807) is 31.3 Å². The summed E-state index contributed by atoms with van der Waals surface area (Å²) in [7, 11) is -1.66. The van der Waals surface area contributed by atoms with E-state index in [2.05, 4.69) is 15.0 Å². The zero-order valence-corrected chi connectivity index (χ0v) is 14.4. The number of benzene rings is 1. The summed E-state index contributed by atoms with van der Waals surface area (Å²) in [5.41, 5.74) is 5.94. The predicted octanol–water partition coefficient (Wildman–Crippen LogP) is 0.589. The molecule has 0 radical (unpaired) electrons. The van der Waals surface area contributed by atoms with Crippen LogP contribution in [0.2, 0.25) is 0 Å². The maximum atomic E-state index is 11.0. The number of aliphatic imine (C=N–C) groups is 1. The van der Waals surface area contributed by atoms with E-state index in [0.29, 0.717) is 30.5 Å². The third-order valence-electron chi connectivity index (χ3n) is 2.08. The largest absolute Gasteiger partial charge is 0.492 e. The van der Waals surface area contributed by atoms with Gasteiger partial charge in [0.05, 0.1) is 12.8 Å². The number of nitrogens with zero attached hydrogens (tertiary/aromatic N) is 1. The minimum absolute atomic E-state index is 0. The zero-order valence-electron chi connectivity index (χ0n) is 11.3. The van der Waals surface area contributed by atoms with Gasteiger partial charge in [0, 0.05) is 12.7 Å². The molecule has 114 valence electrons. The van der Waals surface area contributed by atoms with Crippen LogP contribution in [-0.4, -0.2) is 40.8 Å². The van der Waals surface area contributed by atoms with Crippen molar-refractivity contribution in [2.24, 2.45) is 10.7 Å². The Labute approximate surface area is 136 Å². The Balaban J connectivity index is 0.00000361. The number of nitrogens with one attached hydrogen (secondary N) is 2. The van der Waals surface area contributed by atoms with Crippen molar-refractivity contribution in [3.63, 3.8) is 0 Å². The molecule has 0 unspecified atom stereocenters. The van der Waals surface area contributed by atoms with Gasteiger partial charge in [-0.2, -0.15) is 0 Å². The molecule has 0 aliphatic heterocycles. The van der Waals surface area contributed by atoms with Crippen LogP contribution in [0.25, 0.3) is 0 Å². The summed E-state index contributed by atoms with van der Waals surface area (Å²) in [5, 5.41) is 2.86. The highest BCUT2D eigenvalue weighted by atomic mass is 127. The van der Waals surface area contributed by atoms with Gasteiger partial charge in [-0.05, 0) is 24.3 Å². The standard InChI is InChI=1S/C11H18N4O3S.HI/c1-13-11(12)14-7-8-18-10-5-3-9(4-6-10)15-19(2,16)17;/h3-6,15H,7-8H2,1-2H3,(H3,12,13,14);1H. The van der Waals surface area contributed by atoms with Gasteiger partial charge in [0.1, 0.15) is 12.4 Å². The molecule has 0 amide bonds. The van der Waals surface area contributed by atoms with Crippen molar-refractivity contribution >= 4 is 45.6 Å². The first-order chi connectivity index (χ1) is 8.90. The lowest BCUT2D eigenvalue weighted by Crippen LogP contribution is -2.34. The van der Waals surface area contributed by atoms with Crippen molar-refractivity contribution in [2.75, 3.05) is 31.2 Å². The molecule has 9 heteroatoms. The number of ether oxygens (including phenoxy) is 1. The van der Waals surface area contributed by atoms with Crippen molar-refractivity contribution in [3.05, 3.63) is 24.3 Å². The molecule has 0 spiro atoms. The topological polar surface area (TPSA) is 106 Å². The molecule has 7 nitrogen and oxygen atoms in total. The minimum Gasteiger partial charge on any atom is -0.492 e. The maximum Gasteiger partial charge on any atom is 0.229 e. The van der Waals surface area contributed by atoms with Gasteiger partial charge >= 0.3 is 0 Å². The average Bonchev–Trinajstić information content (AvgIpc) is 2.34. The normalized spacial score (nSPS) is 11.4. The number of halogens is 1. The third-order valence-corrected chi connectivity index (χ3v) is 2.68. The van der Waals surface area contributed by atoms with Gasteiger partial charge in [0.2, 0.25) is 10.0 Å². The molecule has 0 aliphatic rings. The van der Waals surface area contributed by atoms with Crippen LogP contribution in [0.1, 0.15) is 0 Å². The summed E-state index contributed by atoms with van der Waals surface area (Å²) < 4.78 is 29.8.